The molecule has 0 bridgehead atoms. The molecule has 0 radical (unpaired) electrons. The summed E-state index contributed by atoms with van der Waals surface area (Å²) < 4.78 is 0. The Morgan fingerprint density at radius 1 is 1.12 bits per heavy atom. The zero-order valence-electron chi connectivity index (χ0n) is 15.2. The van der Waals surface area contributed by atoms with Crippen molar-refractivity contribution in [3.63, 3.8) is 0 Å². The van der Waals surface area contributed by atoms with Gasteiger partial charge in [-0.3, -0.25) is 5.41 Å². The lowest BCUT2D eigenvalue weighted by Gasteiger charge is -2.18. The van der Waals surface area contributed by atoms with Gasteiger partial charge < -0.3 is 15.0 Å². The van der Waals surface area contributed by atoms with Crippen LogP contribution in [0.4, 0.5) is 0 Å². The van der Waals surface area contributed by atoms with Crippen LogP contribution in [0, 0.1) is 26.2 Å². The summed E-state index contributed by atoms with van der Waals surface area (Å²) in [5, 5.41) is 19.0. The van der Waals surface area contributed by atoms with Gasteiger partial charge in [-0.1, -0.05) is 29.8 Å². The van der Waals surface area contributed by atoms with Gasteiger partial charge in [-0.05, 0) is 49.6 Å². The third-order valence-electron chi connectivity index (χ3n) is 5.01. The van der Waals surface area contributed by atoms with Gasteiger partial charge in [0.05, 0.1) is 23.2 Å². The second-order valence-electron chi connectivity index (χ2n) is 7.05. The molecule has 5 nitrogen and oxygen atoms in total. The van der Waals surface area contributed by atoms with Crippen molar-refractivity contribution >= 4 is 22.4 Å². The minimum absolute atomic E-state index is 0.189. The molecule has 0 fully saturated rings. The summed E-state index contributed by atoms with van der Waals surface area (Å²) in [4.78, 5) is 9.73. The predicted octanol–water partition coefficient (Wildman–Crippen LogP) is 4.25. The van der Waals surface area contributed by atoms with Gasteiger partial charge >= 0.3 is 0 Å². The molecular formula is C21H22N4O. The van der Waals surface area contributed by atoms with E-state index in [4.69, 9.17) is 5.41 Å². The molecule has 3 N–H and O–H groups in total. The van der Waals surface area contributed by atoms with Crippen LogP contribution in [0.2, 0.25) is 0 Å². The number of fused-ring (bicyclic) bond motifs is 1. The van der Waals surface area contributed by atoms with Crippen LogP contribution in [0.5, 0.6) is 0 Å². The molecule has 0 atom stereocenters. The number of aliphatic hydroxyl groups is 1. The van der Waals surface area contributed by atoms with Crippen LogP contribution in [-0.4, -0.2) is 32.4 Å². The standard InChI is InChI=1S/C21H22N4O/c1-12-4-6-15(7-5-12)10-25-11-18(26)19(20(25)22)21-23-16-8-13(2)14(3)9-17(16)24-21/h4-9,22,26H,10-11H2,1-3H3,(H,23,24). The van der Waals surface area contributed by atoms with E-state index in [2.05, 4.69) is 61.1 Å². The average Bonchev–Trinajstić information content (AvgIpc) is 3.10. The SMILES string of the molecule is Cc1ccc(CN2CC(O)=C(c3nc4cc(C)c(C)cc4[nH]3)C2=N)cc1. The molecule has 0 spiro atoms. The summed E-state index contributed by atoms with van der Waals surface area (Å²) in [7, 11) is 0. The number of aliphatic hydroxyl groups excluding tert-OH is 1. The molecule has 0 saturated heterocycles. The zero-order valence-corrected chi connectivity index (χ0v) is 15.2. The number of benzene rings is 2. The van der Waals surface area contributed by atoms with Crippen molar-refractivity contribution in [3.05, 3.63) is 70.2 Å². The third-order valence-corrected chi connectivity index (χ3v) is 5.01. The molecule has 132 valence electrons. The van der Waals surface area contributed by atoms with Gasteiger partial charge in [0.1, 0.15) is 17.4 Å². The Kier molecular flexibility index (Phi) is 3.80. The minimum Gasteiger partial charge on any atom is -0.510 e. The van der Waals surface area contributed by atoms with Crippen LogP contribution in [0.3, 0.4) is 0 Å². The Morgan fingerprint density at radius 2 is 1.81 bits per heavy atom. The summed E-state index contributed by atoms with van der Waals surface area (Å²) in [5.41, 5.74) is 6.96. The van der Waals surface area contributed by atoms with E-state index >= 15 is 0 Å². The van der Waals surface area contributed by atoms with E-state index in [9.17, 15) is 5.11 Å². The number of amidine groups is 1. The lowest BCUT2D eigenvalue weighted by Crippen LogP contribution is -2.26. The molecule has 0 aliphatic carbocycles. The fourth-order valence-corrected chi connectivity index (χ4v) is 3.32. The monoisotopic (exact) mass is 346 g/mol. The first-order valence-electron chi connectivity index (χ1n) is 8.71. The van der Waals surface area contributed by atoms with Crippen LogP contribution in [0.1, 0.15) is 28.1 Å². The number of nitrogens with zero attached hydrogens (tertiary/aromatic N) is 2. The molecule has 2 aromatic carbocycles. The highest BCUT2D eigenvalue weighted by Gasteiger charge is 2.30. The quantitative estimate of drug-likeness (QED) is 0.663. The largest absolute Gasteiger partial charge is 0.510 e. The molecule has 2 heterocycles. The number of imidazole rings is 1. The van der Waals surface area contributed by atoms with Crippen LogP contribution in [-0.2, 0) is 6.54 Å². The zero-order chi connectivity index (χ0) is 18.4. The Balaban J connectivity index is 1.63. The van der Waals surface area contributed by atoms with Crippen molar-refractivity contribution in [1.29, 1.82) is 5.41 Å². The van der Waals surface area contributed by atoms with E-state index < -0.39 is 0 Å². The Labute approximate surface area is 152 Å². The molecule has 4 rings (SSSR count). The Hall–Kier alpha value is -3.08. The van der Waals surface area contributed by atoms with Crippen molar-refractivity contribution in [2.45, 2.75) is 27.3 Å². The second kappa shape index (κ2) is 6.02. The summed E-state index contributed by atoms with van der Waals surface area (Å²) >= 11 is 0. The van der Waals surface area contributed by atoms with E-state index in [0.717, 1.165) is 16.6 Å². The van der Waals surface area contributed by atoms with Gasteiger partial charge in [0.25, 0.3) is 0 Å². The molecule has 1 aliphatic rings. The van der Waals surface area contributed by atoms with Crippen LogP contribution in [0.15, 0.2) is 42.2 Å². The van der Waals surface area contributed by atoms with Gasteiger partial charge in [0.15, 0.2) is 0 Å². The fraction of sp³-hybridized carbons (Fsp3) is 0.238. The second-order valence-corrected chi connectivity index (χ2v) is 7.05. The molecule has 0 unspecified atom stereocenters. The van der Waals surface area contributed by atoms with Gasteiger partial charge in [-0.15, -0.1) is 0 Å². The van der Waals surface area contributed by atoms with E-state index in [-0.39, 0.29) is 5.76 Å². The molecule has 3 aromatic rings. The maximum Gasteiger partial charge on any atom is 0.145 e. The minimum atomic E-state index is 0.189. The summed E-state index contributed by atoms with van der Waals surface area (Å²) in [6.45, 7) is 7.09. The predicted molar refractivity (Wildman–Crippen MR) is 104 cm³/mol. The number of hydrogen-bond donors (Lipinski definition) is 3. The van der Waals surface area contributed by atoms with Crippen molar-refractivity contribution < 1.29 is 5.11 Å². The van der Waals surface area contributed by atoms with Gasteiger partial charge in [0, 0.05) is 6.54 Å². The molecule has 5 heteroatoms. The lowest BCUT2D eigenvalue weighted by atomic mass is 10.1. The fourth-order valence-electron chi connectivity index (χ4n) is 3.32. The molecule has 0 saturated carbocycles. The number of hydrogen-bond acceptors (Lipinski definition) is 3. The molecule has 26 heavy (non-hydrogen) atoms. The van der Waals surface area contributed by atoms with Crippen molar-refractivity contribution in [1.82, 2.24) is 14.9 Å². The van der Waals surface area contributed by atoms with E-state index in [1.807, 2.05) is 11.0 Å². The maximum atomic E-state index is 10.5. The van der Waals surface area contributed by atoms with Crippen LogP contribution >= 0.6 is 0 Å². The number of aromatic amines is 1. The van der Waals surface area contributed by atoms with E-state index in [1.54, 1.807) is 0 Å². The number of aryl methyl sites for hydroxylation is 3. The summed E-state index contributed by atoms with van der Waals surface area (Å²) in [5.74, 6) is 1.05. The van der Waals surface area contributed by atoms with E-state index in [1.165, 1.54) is 16.7 Å². The van der Waals surface area contributed by atoms with Crippen molar-refractivity contribution in [3.8, 4) is 0 Å². The third kappa shape index (κ3) is 2.75. The van der Waals surface area contributed by atoms with Crippen LogP contribution in [0.25, 0.3) is 16.6 Å². The highest BCUT2D eigenvalue weighted by molar-refractivity contribution is 6.23. The highest BCUT2D eigenvalue weighted by atomic mass is 16.3. The number of rotatable bonds is 3. The highest BCUT2D eigenvalue weighted by Crippen LogP contribution is 2.29. The Morgan fingerprint density at radius 3 is 2.54 bits per heavy atom. The Bertz CT molecular complexity index is 1000. The summed E-state index contributed by atoms with van der Waals surface area (Å²) in [6.07, 6.45) is 0. The number of nitrogens with one attached hydrogen (secondary N) is 2. The first-order chi connectivity index (χ1) is 12.4. The van der Waals surface area contributed by atoms with Crippen LogP contribution < -0.4 is 0 Å². The molecule has 1 aromatic heterocycles. The topological polar surface area (TPSA) is 76.0 Å². The van der Waals surface area contributed by atoms with Crippen molar-refractivity contribution in [2.75, 3.05) is 6.54 Å². The first kappa shape index (κ1) is 16.4. The lowest BCUT2D eigenvalue weighted by molar-refractivity contribution is 0.347. The smallest absolute Gasteiger partial charge is 0.145 e. The van der Waals surface area contributed by atoms with Gasteiger partial charge in [0.2, 0.25) is 0 Å². The maximum absolute atomic E-state index is 10.5. The number of H-pyrrole nitrogens is 1. The summed E-state index contributed by atoms with van der Waals surface area (Å²) in [6, 6.07) is 12.3. The molecular weight excluding hydrogens is 324 g/mol. The molecule has 1 aliphatic heterocycles. The van der Waals surface area contributed by atoms with Crippen molar-refractivity contribution in [2.24, 2.45) is 0 Å². The van der Waals surface area contributed by atoms with Gasteiger partial charge in [-0.25, -0.2) is 4.98 Å². The average molecular weight is 346 g/mol. The number of aromatic nitrogens is 2. The van der Waals surface area contributed by atoms with Gasteiger partial charge in [-0.2, -0.15) is 0 Å². The first-order valence-corrected chi connectivity index (χ1v) is 8.71. The van der Waals surface area contributed by atoms with E-state index in [0.29, 0.717) is 30.3 Å². The molecule has 0 amide bonds. The normalized spacial score (nSPS) is 14.7.